The van der Waals surface area contributed by atoms with E-state index in [1.807, 2.05) is 0 Å². The predicted molar refractivity (Wildman–Crippen MR) is 65.7 cm³/mol. The SMILES string of the molecule is CC(NC(=O)c1nc(N)n[nH]1)c1nc(C(=O)O)cs1. The Balaban J connectivity index is 2.05. The molecule has 0 saturated carbocycles. The van der Waals surface area contributed by atoms with Crippen LogP contribution in [0.1, 0.15) is 39.1 Å². The molecular formula is C9H10N6O3S. The van der Waals surface area contributed by atoms with Crippen LogP contribution in [0.25, 0.3) is 0 Å². The molecule has 1 amide bonds. The van der Waals surface area contributed by atoms with Crippen LogP contribution in [0.4, 0.5) is 5.95 Å². The molecule has 1 unspecified atom stereocenters. The van der Waals surface area contributed by atoms with Crippen LogP contribution in [0.2, 0.25) is 0 Å². The van der Waals surface area contributed by atoms with E-state index in [2.05, 4.69) is 25.5 Å². The standard InChI is InChI=1S/C9H10N6O3S/c1-3(7-12-4(2-19-7)8(17)18)11-6(16)5-13-9(10)15-14-5/h2-3H,1H3,(H,11,16)(H,17,18)(H3,10,13,14,15). The number of aromatic carboxylic acids is 1. The number of carboxylic acid groups (broad SMARTS) is 1. The molecule has 10 heteroatoms. The third-order valence-electron chi connectivity index (χ3n) is 2.18. The van der Waals surface area contributed by atoms with Crippen LogP contribution in [0.5, 0.6) is 0 Å². The Labute approximate surface area is 110 Å². The number of nitrogens with one attached hydrogen (secondary N) is 2. The van der Waals surface area contributed by atoms with Crippen molar-refractivity contribution in [3.8, 4) is 0 Å². The van der Waals surface area contributed by atoms with E-state index >= 15 is 0 Å². The second kappa shape index (κ2) is 5.02. The lowest BCUT2D eigenvalue weighted by Gasteiger charge is -2.09. The maximum Gasteiger partial charge on any atom is 0.355 e. The van der Waals surface area contributed by atoms with Crippen LogP contribution < -0.4 is 11.1 Å². The summed E-state index contributed by atoms with van der Waals surface area (Å²) in [6.07, 6.45) is 0. The van der Waals surface area contributed by atoms with Gasteiger partial charge in [0.05, 0.1) is 6.04 Å². The van der Waals surface area contributed by atoms with Crippen molar-refractivity contribution in [2.75, 3.05) is 5.73 Å². The summed E-state index contributed by atoms with van der Waals surface area (Å²) in [4.78, 5) is 30.0. The minimum Gasteiger partial charge on any atom is -0.476 e. The van der Waals surface area contributed by atoms with Crippen molar-refractivity contribution < 1.29 is 14.7 Å². The maximum absolute atomic E-state index is 11.7. The van der Waals surface area contributed by atoms with Crippen LogP contribution in [0.15, 0.2) is 5.38 Å². The van der Waals surface area contributed by atoms with Crippen molar-refractivity contribution in [3.05, 3.63) is 21.9 Å². The van der Waals surface area contributed by atoms with Gasteiger partial charge in [0, 0.05) is 5.38 Å². The summed E-state index contributed by atoms with van der Waals surface area (Å²) < 4.78 is 0. The highest BCUT2D eigenvalue weighted by Gasteiger charge is 2.18. The zero-order chi connectivity index (χ0) is 14.0. The highest BCUT2D eigenvalue weighted by molar-refractivity contribution is 7.09. The zero-order valence-electron chi connectivity index (χ0n) is 9.75. The summed E-state index contributed by atoms with van der Waals surface area (Å²) >= 11 is 1.15. The van der Waals surface area contributed by atoms with Crippen molar-refractivity contribution in [2.45, 2.75) is 13.0 Å². The minimum absolute atomic E-state index is 0.0145. The number of hydrogen-bond donors (Lipinski definition) is 4. The van der Waals surface area contributed by atoms with Gasteiger partial charge in [-0.25, -0.2) is 9.78 Å². The maximum atomic E-state index is 11.7. The molecule has 9 nitrogen and oxygen atoms in total. The van der Waals surface area contributed by atoms with Crippen molar-refractivity contribution in [1.29, 1.82) is 0 Å². The quantitative estimate of drug-likeness (QED) is 0.618. The number of aromatic amines is 1. The molecular weight excluding hydrogens is 272 g/mol. The summed E-state index contributed by atoms with van der Waals surface area (Å²) in [7, 11) is 0. The molecule has 0 radical (unpaired) electrons. The largest absolute Gasteiger partial charge is 0.476 e. The molecule has 0 fully saturated rings. The van der Waals surface area contributed by atoms with Gasteiger partial charge in [-0.05, 0) is 6.92 Å². The summed E-state index contributed by atoms with van der Waals surface area (Å²) in [6.45, 7) is 1.68. The van der Waals surface area contributed by atoms with Gasteiger partial charge in [0.2, 0.25) is 11.8 Å². The summed E-state index contributed by atoms with van der Waals surface area (Å²) in [5.41, 5.74) is 5.24. The summed E-state index contributed by atoms with van der Waals surface area (Å²) in [5, 5.41) is 19.2. The summed E-state index contributed by atoms with van der Waals surface area (Å²) in [6, 6.07) is -0.447. The normalized spacial score (nSPS) is 12.1. The predicted octanol–water partition coefficient (Wildman–Crippen LogP) is 0.0326. The fraction of sp³-hybridized carbons (Fsp3) is 0.222. The monoisotopic (exact) mass is 282 g/mol. The van der Waals surface area contributed by atoms with Crippen molar-refractivity contribution in [3.63, 3.8) is 0 Å². The molecule has 0 aliphatic carbocycles. The van der Waals surface area contributed by atoms with Crippen molar-refractivity contribution in [2.24, 2.45) is 0 Å². The van der Waals surface area contributed by atoms with E-state index < -0.39 is 17.9 Å². The molecule has 2 heterocycles. The Bertz CT molecular complexity index is 621. The smallest absolute Gasteiger partial charge is 0.355 e. The van der Waals surface area contributed by atoms with Gasteiger partial charge >= 0.3 is 5.97 Å². The van der Waals surface area contributed by atoms with Gasteiger partial charge in [-0.3, -0.25) is 9.89 Å². The molecule has 0 aromatic carbocycles. The molecule has 1 atom stereocenters. The number of thiazole rings is 1. The van der Waals surface area contributed by atoms with E-state index in [1.165, 1.54) is 5.38 Å². The Kier molecular flexibility index (Phi) is 3.42. The van der Waals surface area contributed by atoms with Gasteiger partial charge < -0.3 is 16.2 Å². The molecule has 0 aliphatic heterocycles. The number of carbonyl (C=O) groups excluding carboxylic acids is 1. The van der Waals surface area contributed by atoms with Gasteiger partial charge in [-0.15, -0.1) is 16.4 Å². The number of nitrogens with zero attached hydrogens (tertiary/aromatic N) is 3. The number of carboxylic acids is 1. The van der Waals surface area contributed by atoms with Gasteiger partial charge in [-0.1, -0.05) is 0 Å². The average molecular weight is 282 g/mol. The van der Waals surface area contributed by atoms with Gasteiger partial charge in [0.25, 0.3) is 5.91 Å². The Morgan fingerprint density at radius 2 is 2.26 bits per heavy atom. The first-order valence-electron chi connectivity index (χ1n) is 5.15. The lowest BCUT2D eigenvalue weighted by Crippen LogP contribution is -2.27. The van der Waals surface area contributed by atoms with E-state index in [4.69, 9.17) is 10.8 Å². The fourth-order valence-corrected chi connectivity index (χ4v) is 2.09. The number of nitrogen functional groups attached to an aromatic ring is 1. The molecule has 0 saturated heterocycles. The van der Waals surface area contributed by atoms with Crippen molar-refractivity contribution >= 4 is 29.2 Å². The number of aromatic nitrogens is 4. The number of rotatable bonds is 4. The Morgan fingerprint density at radius 3 is 2.79 bits per heavy atom. The molecule has 2 aromatic heterocycles. The molecule has 0 aliphatic rings. The molecule has 19 heavy (non-hydrogen) atoms. The van der Waals surface area contributed by atoms with E-state index in [0.29, 0.717) is 5.01 Å². The van der Waals surface area contributed by atoms with Crippen LogP contribution in [0.3, 0.4) is 0 Å². The first-order chi connectivity index (χ1) is 8.97. The van der Waals surface area contributed by atoms with E-state index in [9.17, 15) is 9.59 Å². The van der Waals surface area contributed by atoms with E-state index in [-0.39, 0.29) is 17.5 Å². The number of anilines is 1. The van der Waals surface area contributed by atoms with Crippen molar-refractivity contribution in [1.82, 2.24) is 25.5 Å². The second-order valence-corrected chi connectivity index (χ2v) is 4.50. The number of hydrogen-bond acceptors (Lipinski definition) is 7. The Hall–Kier alpha value is -2.49. The number of H-pyrrole nitrogens is 1. The molecule has 100 valence electrons. The fourth-order valence-electron chi connectivity index (χ4n) is 1.29. The topological polar surface area (TPSA) is 147 Å². The average Bonchev–Trinajstić information content (AvgIpc) is 2.96. The third kappa shape index (κ3) is 2.85. The first kappa shape index (κ1) is 13.0. The second-order valence-electron chi connectivity index (χ2n) is 3.61. The molecule has 5 N–H and O–H groups in total. The van der Waals surface area contributed by atoms with Crippen LogP contribution in [0, 0.1) is 0 Å². The van der Waals surface area contributed by atoms with Gasteiger partial charge in [0.1, 0.15) is 5.01 Å². The first-order valence-corrected chi connectivity index (χ1v) is 6.03. The van der Waals surface area contributed by atoms with Gasteiger partial charge in [0.15, 0.2) is 5.69 Å². The van der Waals surface area contributed by atoms with Gasteiger partial charge in [-0.2, -0.15) is 4.98 Å². The Morgan fingerprint density at radius 1 is 1.53 bits per heavy atom. The highest BCUT2D eigenvalue weighted by Crippen LogP contribution is 2.18. The number of carbonyl (C=O) groups is 2. The lowest BCUT2D eigenvalue weighted by molar-refractivity contribution is 0.0691. The van der Waals surface area contributed by atoms with Crippen LogP contribution >= 0.6 is 11.3 Å². The van der Waals surface area contributed by atoms with Crippen LogP contribution in [-0.2, 0) is 0 Å². The molecule has 0 spiro atoms. The van der Waals surface area contributed by atoms with E-state index in [0.717, 1.165) is 11.3 Å². The molecule has 0 bridgehead atoms. The highest BCUT2D eigenvalue weighted by atomic mass is 32.1. The van der Waals surface area contributed by atoms with Crippen LogP contribution in [-0.4, -0.2) is 37.1 Å². The van der Waals surface area contributed by atoms with E-state index in [1.54, 1.807) is 6.92 Å². The molecule has 2 rings (SSSR count). The lowest BCUT2D eigenvalue weighted by atomic mass is 10.3. The minimum atomic E-state index is -1.11. The summed E-state index contributed by atoms with van der Waals surface area (Å²) in [5.74, 6) is -1.65. The third-order valence-corrected chi connectivity index (χ3v) is 3.20. The number of nitrogens with two attached hydrogens (primary N) is 1. The zero-order valence-corrected chi connectivity index (χ0v) is 10.6. The number of amides is 1. The molecule has 2 aromatic rings.